The number of nitrogens with one attached hydrogen (secondary N) is 1. The number of alkyl carbamates (subject to hydrolysis) is 1. The fourth-order valence-corrected chi connectivity index (χ4v) is 3.29. The van der Waals surface area contributed by atoms with E-state index in [-0.39, 0.29) is 24.8 Å². The number of aliphatic hydroxyl groups is 1. The minimum Gasteiger partial charge on any atom is -0.481 e. The van der Waals surface area contributed by atoms with Crippen molar-refractivity contribution >= 4 is 12.1 Å². The Morgan fingerprint density at radius 2 is 1.72 bits per heavy atom. The number of hydrogen-bond donors (Lipinski definition) is 3. The van der Waals surface area contributed by atoms with E-state index in [2.05, 4.69) is 5.32 Å². The summed E-state index contributed by atoms with van der Waals surface area (Å²) in [4.78, 5) is 24.1. The first kappa shape index (κ1) is 25.3. The van der Waals surface area contributed by atoms with Gasteiger partial charge in [-0.15, -0.1) is 0 Å². The Kier molecular flexibility index (Phi) is 8.72. The number of hydrogen-bond acceptors (Lipinski definition) is 4. The minimum atomic E-state index is -1.26. The predicted octanol–water partition coefficient (Wildman–Crippen LogP) is 4.10. The van der Waals surface area contributed by atoms with Crippen molar-refractivity contribution in [3.05, 3.63) is 71.3 Å². The molecule has 0 saturated carbocycles. The molecule has 8 heteroatoms. The van der Waals surface area contributed by atoms with Crippen LogP contribution >= 0.6 is 0 Å². The van der Waals surface area contributed by atoms with E-state index in [1.807, 2.05) is 30.3 Å². The first-order valence-electron chi connectivity index (χ1n) is 10.3. The van der Waals surface area contributed by atoms with Crippen molar-refractivity contribution in [2.45, 2.75) is 57.8 Å². The van der Waals surface area contributed by atoms with Crippen LogP contribution in [0.15, 0.2) is 48.5 Å². The van der Waals surface area contributed by atoms with Gasteiger partial charge < -0.3 is 20.3 Å². The molecule has 6 nitrogen and oxygen atoms in total. The van der Waals surface area contributed by atoms with E-state index in [9.17, 15) is 28.6 Å². The van der Waals surface area contributed by atoms with Gasteiger partial charge in [0.25, 0.3) is 0 Å². The summed E-state index contributed by atoms with van der Waals surface area (Å²) >= 11 is 0. The molecule has 0 unspecified atom stereocenters. The summed E-state index contributed by atoms with van der Waals surface area (Å²) in [6.07, 6.45) is -2.25. The first-order valence-corrected chi connectivity index (χ1v) is 10.3. The number of ether oxygens (including phenoxy) is 1. The van der Waals surface area contributed by atoms with Crippen molar-refractivity contribution in [2.24, 2.45) is 5.92 Å². The van der Waals surface area contributed by atoms with Crippen molar-refractivity contribution in [3.63, 3.8) is 0 Å². The number of aliphatic carboxylic acids is 1. The molecule has 0 aliphatic rings. The summed E-state index contributed by atoms with van der Waals surface area (Å²) in [6, 6.07) is 11.2. The minimum absolute atomic E-state index is 0.0331. The zero-order chi connectivity index (χ0) is 23.9. The second kappa shape index (κ2) is 11.0. The van der Waals surface area contributed by atoms with Gasteiger partial charge in [-0.3, -0.25) is 4.79 Å². The summed E-state index contributed by atoms with van der Waals surface area (Å²) in [5.74, 6) is -3.99. The highest BCUT2D eigenvalue weighted by atomic mass is 19.1. The third-order valence-electron chi connectivity index (χ3n) is 4.82. The van der Waals surface area contributed by atoms with Gasteiger partial charge in [-0.05, 0) is 57.2 Å². The lowest BCUT2D eigenvalue weighted by atomic mass is 9.89. The van der Waals surface area contributed by atoms with Crippen molar-refractivity contribution < 1.29 is 33.3 Å². The number of halogens is 2. The molecule has 2 rings (SSSR count). The maximum absolute atomic E-state index is 14.0. The van der Waals surface area contributed by atoms with Gasteiger partial charge in [-0.25, -0.2) is 13.6 Å². The molecule has 0 fully saturated rings. The molecule has 174 valence electrons. The molecule has 1 amide bonds. The number of carbonyl (C=O) groups is 2. The highest BCUT2D eigenvalue weighted by Gasteiger charge is 2.30. The van der Waals surface area contributed by atoms with Crippen LogP contribution < -0.4 is 5.32 Å². The van der Waals surface area contributed by atoms with E-state index in [4.69, 9.17) is 4.74 Å². The predicted molar refractivity (Wildman–Crippen MR) is 115 cm³/mol. The van der Waals surface area contributed by atoms with Crippen LogP contribution in [0.1, 0.15) is 38.3 Å². The second-order valence-corrected chi connectivity index (χ2v) is 8.72. The van der Waals surface area contributed by atoms with Crippen LogP contribution in [0.5, 0.6) is 0 Å². The SMILES string of the molecule is CC(C)(C)OC(=O)N[C@@H](Cc1ccccc1)[C@@H](O)C[C@@H](Cc1ccc(F)cc1F)C(=O)O. The lowest BCUT2D eigenvalue weighted by Gasteiger charge is -2.28. The summed E-state index contributed by atoms with van der Waals surface area (Å²) in [7, 11) is 0. The Balaban J connectivity index is 2.18. The Labute approximate surface area is 186 Å². The highest BCUT2D eigenvalue weighted by molar-refractivity contribution is 5.70. The molecule has 0 spiro atoms. The number of benzene rings is 2. The van der Waals surface area contributed by atoms with E-state index in [1.165, 1.54) is 6.07 Å². The number of carbonyl (C=O) groups excluding carboxylic acids is 1. The monoisotopic (exact) mass is 449 g/mol. The molecular weight excluding hydrogens is 420 g/mol. The third kappa shape index (κ3) is 8.26. The standard InChI is InChI=1S/C24H29F2NO5/c1-24(2,3)32-23(31)27-20(11-15-7-5-4-6-8-15)21(28)13-17(22(29)30)12-16-9-10-18(25)14-19(16)26/h4-10,14,17,20-21,28H,11-13H2,1-3H3,(H,27,31)(H,29,30)/t17-,20+,21+/m1/s1. The molecule has 3 N–H and O–H groups in total. The van der Waals surface area contributed by atoms with Crippen LogP contribution in [0.4, 0.5) is 13.6 Å². The van der Waals surface area contributed by atoms with Crippen molar-refractivity contribution in [3.8, 4) is 0 Å². The van der Waals surface area contributed by atoms with Crippen LogP contribution in [0, 0.1) is 17.6 Å². The summed E-state index contributed by atoms with van der Waals surface area (Å²) < 4.78 is 32.4. The van der Waals surface area contributed by atoms with Crippen LogP contribution in [-0.4, -0.2) is 40.0 Å². The van der Waals surface area contributed by atoms with Crippen molar-refractivity contribution in [1.82, 2.24) is 5.32 Å². The fourth-order valence-electron chi connectivity index (χ4n) is 3.29. The Bertz CT molecular complexity index is 914. The fraction of sp³-hybridized carbons (Fsp3) is 0.417. The summed E-state index contributed by atoms with van der Waals surface area (Å²) in [6.45, 7) is 5.10. The summed E-state index contributed by atoms with van der Waals surface area (Å²) in [5, 5.41) is 23.1. The van der Waals surface area contributed by atoms with E-state index in [0.717, 1.165) is 11.6 Å². The van der Waals surface area contributed by atoms with Gasteiger partial charge in [-0.2, -0.15) is 0 Å². The van der Waals surface area contributed by atoms with Gasteiger partial charge in [0.15, 0.2) is 0 Å². The average Bonchev–Trinajstić information content (AvgIpc) is 2.68. The van der Waals surface area contributed by atoms with Crippen LogP contribution in [0.3, 0.4) is 0 Å². The zero-order valence-electron chi connectivity index (χ0n) is 18.3. The molecule has 0 aliphatic carbocycles. The number of carboxylic acid groups (broad SMARTS) is 1. The van der Waals surface area contributed by atoms with Crippen molar-refractivity contribution in [2.75, 3.05) is 0 Å². The quantitative estimate of drug-likeness (QED) is 0.536. The van der Waals surface area contributed by atoms with E-state index >= 15 is 0 Å². The van der Waals surface area contributed by atoms with Gasteiger partial charge in [0.05, 0.1) is 18.1 Å². The molecule has 2 aromatic carbocycles. The molecule has 0 aromatic heterocycles. The maximum atomic E-state index is 14.0. The van der Waals surface area contributed by atoms with Gasteiger partial charge in [0.2, 0.25) is 0 Å². The van der Waals surface area contributed by atoms with Crippen LogP contribution in [0.2, 0.25) is 0 Å². The normalized spacial score (nSPS) is 14.3. The number of aliphatic hydroxyl groups excluding tert-OH is 1. The number of rotatable bonds is 9. The molecular formula is C24H29F2NO5. The largest absolute Gasteiger partial charge is 0.481 e. The zero-order valence-corrected chi connectivity index (χ0v) is 18.3. The molecule has 0 saturated heterocycles. The van der Waals surface area contributed by atoms with Gasteiger partial charge >= 0.3 is 12.1 Å². The maximum Gasteiger partial charge on any atom is 0.407 e. The summed E-state index contributed by atoms with van der Waals surface area (Å²) in [5.41, 5.74) is 0.102. The lowest BCUT2D eigenvalue weighted by molar-refractivity contribution is -0.143. The third-order valence-corrected chi connectivity index (χ3v) is 4.82. The number of carboxylic acids is 1. The molecule has 32 heavy (non-hydrogen) atoms. The first-order chi connectivity index (χ1) is 14.9. The number of amides is 1. The molecule has 0 radical (unpaired) electrons. The Morgan fingerprint density at radius 3 is 2.28 bits per heavy atom. The molecule has 3 atom stereocenters. The van der Waals surface area contributed by atoms with E-state index < -0.39 is 47.4 Å². The van der Waals surface area contributed by atoms with Gasteiger partial charge in [-0.1, -0.05) is 36.4 Å². The van der Waals surface area contributed by atoms with Crippen LogP contribution in [0.25, 0.3) is 0 Å². The Morgan fingerprint density at radius 1 is 1.06 bits per heavy atom. The van der Waals surface area contributed by atoms with Gasteiger partial charge in [0, 0.05) is 6.07 Å². The van der Waals surface area contributed by atoms with E-state index in [1.54, 1.807) is 20.8 Å². The smallest absolute Gasteiger partial charge is 0.407 e. The molecule has 0 heterocycles. The highest BCUT2D eigenvalue weighted by Crippen LogP contribution is 2.21. The molecule has 2 aromatic rings. The van der Waals surface area contributed by atoms with Crippen molar-refractivity contribution in [1.29, 1.82) is 0 Å². The molecule has 0 aliphatic heterocycles. The van der Waals surface area contributed by atoms with Crippen LogP contribution in [-0.2, 0) is 22.4 Å². The Hall–Kier alpha value is -3.00. The lowest BCUT2D eigenvalue weighted by Crippen LogP contribution is -2.47. The topological polar surface area (TPSA) is 95.9 Å². The molecule has 0 bridgehead atoms. The van der Waals surface area contributed by atoms with Gasteiger partial charge in [0.1, 0.15) is 17.2 Å². The second-order valence-electron chi connectivity index (χ2n) is 8.72. The van der Waals surface area contributed by atoms with E-state index in [0.29, 0.717) is 6.07 Å². The average molecular weight is 449 g/mol.